The van der Waals surface area contributed by atoms with Gasteiger partial charge in [-0.3, -0.25) is 0 Å². The summed E-state index contributed by atoms with van der Waals surface area (Å²) in [6, 6.07) is 16.5. The summed E-state index contributed by atoms with van der Waals surface area (Å²) in [5, 5.41) is 6.25. The topological polar surface area (TPSA) is 104 Å². The first kappa shape index (κ1) is 26.8. The molecule has 3 heterocycles. The van der Waals surface area contributed by atoms with Crippen LogP contribution in [0.25, 0.3) is 0 Å². The van der Waals surface area contributed by atoms with Crippen molar-refractivity contribution in [2.24, 2.45) is 0 Å². The molecular weight excluding hydrogens is 519 g/mol. The number of anilines is 4. The summed E-state index contributed by atoms with van der Waals surface area (Å²) in [7, 11) is -1.72. The zero-order valence-corrected chi connectivity index (χ0v) is 22.7. The standard InChI is InChI=1S/C28H31FN6O3S/c1-20-18-22(7-10-26(20)29)31-27-11-14-30-28(33-27)32-21-5-8-25(9-6-21)39(36,37)35(19-24-4-3-17-38-24)23-12-15-34(2)16-13-23/h3-11,14,17-18,23H,12-13,15-16,19H2,1-2H3,(H2,30,31,32,33). The third-order valence-electron chi connectivity index (χ3n) is 6.79. The largest absolute Gasteiger partial charge is 0.468 e. The van der Waals surface area contributed by atoms with E-state index in [9.17, 15) is 12.8 Å². The third-order valence-corrected chi connectivity index (χ3v) is 8.70. The number of hydrogen-bond acceptors (Lipinski definition) is 8. The Morgan fingerprint density at radius 1 is 1.05 bits per heavy atom. The number of nitrogens with one attached hydrogen (secondary N) is 2. The van der Waals surface area contributed by atoms with E-state index in [-0.39, 0.29) is 23.3 Å². The molecule has 1 saturated heterocycles. The fraction of sp³-hybridized carbons (Fsp3) is 0.286. The normalized spacial score (nSPS) is 15.0. The van der Waals surface area contributed by atoms with Gasteiger partial charge in [0, 0.05) is 23.6 Å². The number of rotatable bonds is 9. The second-order valence-electron chi connectivity index (χ2n) is 9.67. The van der Waals surface area contributed by atoms with E-state index < -0.39 is 10.0 Å². The number of hydrogen-bond donors (Lipinski definition) is 2. The molecule has 2 N–H and O–H groups in total. The SMILES string of the molecule is Cc1cc(Nc2ccnc(Nc3ccc(S(=O)(=O)N(Cc4ccco4)C4CCN(C)CC4)cc3)n2)ccc1F. The molecule has 0 amide bonds. The Balaban J connectivity index is 1.31. The number of halogens is 1. The minimum Gasteiger partial charge on any atom is -0.468 e. The number of piperidine rings is 1. The first-order valence-corrected chi connectivity index (χ1v) is 14.2. The second kappa shape index (κ2) is 11.5. The Morgan fingerprint density at radius 2 is 1.79 bits per heavy atom. The van der Waals surface area contributed by atoms with Crippen LogP contribution in [0.5, 0.6) is 0 Å². The molecule has 9 nitrogen and oxygen atoms in total. The summed E-state index contributed by atoms with van der Waals surface area (Å²) in [6.45, 7) is 3.56. The molecule has 1 fully saturated rings. The molecule has 2 aromatic carbocycles. The van der Waals surface area contributed by atoms with Gasteiger partial charge in [-0.2, -0.15) is 9.29 Å². The van der Waals surface area contributed by atoms with Crippen molar-refractivity contribution in [2.45, 2.75) is 37.2 Å². The summed E-state index contributed by atoms with van der Waals surface area (Å²) >= 11 is 0. The molecule has 0 unspecified atom stereocenters. The number of aromatic nitrogens is 2. The molecule has 4 aromatic rings. The van der Waals surface area contributed by atoms with E-state index in [1.165, 1.54) is 6.07 Å². The van der Waals surface area contributed by atoms with Crippen molar-refractivity contribution in [3.05, 3.63) is 90.3 Å². The molecule has 0 aliphatic carbocycles. The van der Waals surface area contributed by atoms with Crippen LogP contribution >= 0.6 is 0 Å². The van der Waals surface area contributed by atoms with Crippen LogP contribution in [-0.2, 0) is 16.6 Å². The summed E-state index contributed by atoms with van der Waals surface area (Å²) in [5.74, 6) is 1.20. The highest BCUT2D eigenvalue weighted by Crippen LogP contribution is 2.28. The molecule has 0 radical (unpaired) electrons. The molecule has 204 valence electrons. The van der Waals surface area contributed by atoms with E-state index in [1.54, 1.807) is 78.3 Å². The Hall–Kier alpha value is -3.80. The van der Waals surface area contributed by atoms with E-state index >= 15 is 0 Å². The highest BCUT2D eigenvalue weighted by molar-refractivity contribution is 7.89. The minimum atomic E-state index is -3.77. The van der Waals surface area contributed by atoms with Crippen LogP contribution in [0.2, 0.25) is 0 Å². The fourth-order valence-electron chi connectivity index (χ4n) is 4.58. The monoisotopic (exact) mass is 550 g/mol. The molecule has 0 spiro atoms. The lowest BCUT2D eigenvalue weighted by Gasteiger charge is -2.36. The summed E-state index contributed by atoms with van der Waals surface area (Å²) in [5.41, 5.74) is 1.87. The van der Waals surface area contributed by atoms with Crippen LogP contribution in [0.1, 0.15) is 24.2 Å². The Bertz CT molecular complexity index is 1500. The maximum atomic E-state index is 13.8. The first-order chi connectivity index (χ1) is 18.8. The molecular formula is C28H31FN6O3S. The van der Waals surface area contributed by atoms with E-state index in [0.29, 0.717) is 34.5 Å². The van der Waals surface area contributed by atoms with Gasteiger partial charge in [0.15, 0.2) is 0 Å². The summed E-state index contributed by atoms with van der Waals surface area (Å²) < 4.78 is 48.2. The second-order valence-corrected chi connectivity index (χ2v) is 11.6. The van der Waals surface area contributed by atoms with Crippen molar-refractivity contribution in [1.82, 2.24) is 19.2 Å². The zero-order valence-electron chi connectivity index (χ0n) is 21.8. The molecule has 11 heteroatoms. The minimum absolute atomic E-state index is 0.109. The van der Waals surface area contributed by atoms with Gasteiger partial charge in [0.25, 0.3) is 0 Å². The Labute approximate surface area is 227 Å². The van der Waals surface area contributed by atoms with Crippen molar-refractivity contribution in [3.8, 4) is 0 Å². The fourth-order valence-corrected chi connectivity index (χ4v) is 6.23. The van der Waals surface area contributed by atoms with E-state index in [1.807, 2.05) is 7.05 Å². The number of benzene rings is 2. The number of likely N-dealkylation sites (tertiary alicyclic amines) is 1. The van der Waals surface area contributed by atoms with Gasteiger partial charge in [0.2, 0.25) is 16.0 Å². The Morgan fingerprint density at radius 3 is 2.49 bits per heavy atom. The van der Waals surface area contributed by atoms with Crippen LogP contribution in [-0.4, -0.2) is 53.8 Å². The predicted octanol–water partition coefficient (Wildman–Crippen LogP) is 5.29. The van der Waals surface area contributed by atoms with Gasteiger partial charge >= 0.3 is 0 Å². The van der Waals surface area contributed by atoms with Crippen molar-refractivity contribution < 1.29 is 17.2 Å². The molecule has 39 heavy (non-hydrogen) atoms. The maximum Gasteiger partial charge on any atom is 0.243 e. The number of nitrogens with zero attached hydrogens (tertiary/aromatic N) is 4. The van der Waals surface area contributed by atoms with Crippen LogP contribution < -0.4 is 10.6 Å². The van der Waals surface area contributed by atoms with Crippen molar-refractivity contribution in [1.29, 1.82) is 0 Å². The van der Waals surface area contributed by atoms with E-state index in [0.717, 1.165) is 25.9 Å². The number of aryl methyl sites for hydroxylation is 1. The Kier molecular flexibility index (Phi) is 7.92. The quantitative estimate of drug-likeness (QED) is 0.290. The lowest BCUT2D eigenvalue weighted by Crippen LogP contribution is -2.46. The predicted molar refractivity (Wildman–Crippen MR) is 148 cm³/mol. The zero-order chi connectivity index (χ0) is 27.4. The van der Waals surface area contributed by atoms with Gasteiger partial charge in [0.05, 0.1) is 17.7 Å². The molecule has 2 aromatic heterocycles. The van der Waals surface area contributed by atoms with E-state index in [4.69, 9.17) is 4.42 Å². The molecule has 0 bridgehead atoms. The van der Waals surface area contributed by atoms with Crippen molar-refractivity contribution >= 4 is 33.2 Å². The lowest BCUT2D eigenvalue weighted by molar-refractivity contribution is 0.173. The molecule has 1 aliphatic heterocycles. The third kappa shape index (κ3) is 6.44. The molecule has 5 rings (SSSR count). The van der Waals surface area contributed by atoms with Gasteiger partial charge in [-0.05, 0) is 106 Å². The number of sulfonamides is 1. The lowest BCUT2D eigenvalue weighted by atomic mass is 10.1. The average Bonchev–Trinajstić information content (AvgIpc) is 3.44. The smallest absolute Gasteiger partial charge is 0.243 e. The summed E-state index contributed by atoms with van der Waals surface area (Å²) in [4.78, 5) is 11.1. The summed E-state index contributed by atoms with van der Waals surface area (Å²) in [6.07, 6.45) is 4.67. The van der Waals surface area contributed by atoms with Crippen molar-refractivity contribution in [3.63, 3.8) is 0 Å². The molecule has 0 saturated carbocycles. The van der Waals surface area contributed by atoms with Gasteiger partial charge in [-0.1, -0.05) is 0 Å². The van der Waals surface area contributed by atoms with Gasteiger partial charge in [0.1, 0.15) is 17.4 Å². The average molecular weight is 551 g/mol. The molecule has 1 aliphatic rings. The van der Waals surface area contributed by atoms with Crippen molar-refractivity contribution in [2.75, 3.05) is 30.8 Å². The van der Waals surface area contributed by atoms with Crippen LogP contribution in [0.3, 0.4) is 0 Å². The van der Waals surface area contributed by atoms with Crippen LogP contribution in [0, 0.1) is 12.7 Å². The van der Waals surface area contributed by atoms with Crippen LogP contribution in [0.4, 0.5) is 27.5 Å². The van der Waals surface area contributed by atoms with Gasteiger partial charge in [-0.25, -0.2) is 17.8 Å². The number of furan rings is 1. The van der Waals surface area contributed by atoms with E-state index in [2.05, 4.69) is 25.5 Å². The van der Waals surface area contributed by atoms with Crippen LogP contribution in [0.15, 0.2) is 82.4 Å². The van der Waals surface area contributed by atoms with Gasteiger partial charge in [-0.15, -0.1) is 0 Å². The highest BCUT2D eigenvalue weighted by atomic mass is 32.2. The molecule has 0 atom stereocenters. The van der Waals surface area contributed by atoms with Gasteiger partial charge < -0.3 is 20.0 Å². The highest BCUT2D eigenvalue weighted by Gasteiger charge is 2.34. The maximum absolute atomic E-state index is 13.8. The first-order valence-electron chi connectivity index (χ1n) is 12.7.